The lowest BCUT2D eigenvalue weighted by atomic mass is 10.3. The Balaban J connectivity index is 2.36. The predicted octanol–water partition coefficient (Wildman–Crippen LogP) is 0.980. The van der Waals surface area contributed by atoms with Crippen molar-refractivity contribution < 1.29 is 4.79 Å². The highest BCUT2D eigenvalue weighted by Gasteiger charge is 2.05. The van der Waals surface area contributed by atoms with Crippen LogP contribution < -0.4 is 10.6 Å². The first-order chi connectivity index (χ1) is 9.13. The zero-order chi connectivity index (χ0) is 14.1. The first-order valence-corrected chi connectivity index (χ1v) is 6.62. The third-order valence-corrected chi connectivity index (χ3v) is 2.51. The van der Waals surface area contributed by atoms with Crippen LogP contribution in [0.15, 0.2) is 12.4 Å². The standard InChI is InChI=1S/C13H23N5O/c1-4-6-14-12(19)11-9-16-13(17-10-11)15-7-5-8-18(2)3/h9-10H,4-8H2,1-3H3,(H,14,19)(H,15,16,17). The number of anilines is 1. The minimum absolute atomic E-state index is 0.124. The second-order valence-electron chi connectivity index (χ2n) is 4.63. The maximum atomic E-state index is 11.6. The van der Waals surface area contributed by atoms with Gasteiger partial charge in [0.15, 0.2) is 0 Å². The summed E-state index contributed by atoms with van der Waals surface area (Å²) in [5.41, 5.74) is 0.493. The van der Waals surface area contributed by atoms with E-state index in [1.807, 2.05) is 21.0 Å². The van der Waals surface area contributed by atoms with E-state index in [1.54, 1.807) is 12.4 Å². The van der Waals surface area contributed by atoms with Gasteiger partial charge in [-0.25, -0.2) is 9.97 Å². The average molecular weight is 265 g/mol. The Kier molecular flexibility index (Phi) is 6.81. The molecule has 0 unspecified atom stereocenters. The number of nitrogens with one attached hydrogen (secondary N) is 2. The van der Waals surface area contributed by atoms with Crippen molar-refractivity contribution in [2.45, 2.75) is 19.8 Å². The number of amides is 1. The molecule has 1 aromatic heterocycles. The van der Waals surface area contributed by atoms with Crippen LogP contribution in [0.25, 0.3) is 0 Å². The molecule has 0 atom stereocenters. The van der Waals surface area contributed by atoms with Gasteiger partial charge in [-0.3, -0.25) is 4.79 Å². The van der Waals surface area contributed by atoms with Crippen molar-refractivity contribution in [3.63, 3.8) is 0 Å². The molecule has 0 saturated carbocycles. The van der Waals surface area contributed by atoms with Gasteiger partial charge in [-0.2, -0.15) is 0 Å². The lowest BCUT2D eigenvalue weighted by Gasteiger charge is -2.09. The summed E-state index contributed by atoms with van der Waals surface area (Å²) in [6, 6.07) is 0. The first kappa shape index (κ1) is 15.4. The van der Waals surface area contributed by atoms with E-state index < -0.39 is 0 Å². The van der Waals surface area contributed by atoms with E-state index in [4.69, 9.17) is 0 Å². The molecule has 6 heteroatoms. The second kappa shape index (κ2) is 8.42. The molecule has 1 aromatic rings. The van der Waals surface area contributed by atoms with Gasteiger partial charge in [-0.15, -0.1) is 0 Å². The fourth-order valence-corrected chi connectivity index (χ4v) is 1.47. The molecule has 106 valence electrons. The van der Waals surface area contributed by atoms with Gasteiger partial charge in [0.05, 0.1) is 5.56 Å². The molecule has 0 radical (unpaired) electrons. The zero-order valence-electron chi connectivity index (χ0n) is 11.9. The molecule has 0 fully saturated rings. The number of carbonyl (C=O) groups is 1. The molecular weight excluding hydrogens is 242 g/mol. The van der Waals surface area contributed by atoms with Gasteiger partial charge < -0.3 is 15.5 Å². The van der Waals surface area contributed by atoms with E-state index in [0.717, 1.165) is 25.9 Å². The maximum Gasteiger partial charge on any atom is 0.254 e. The Bertz CT molecular complexity index is 377. The third kappa shape index (κ3) is 6.15. The van der Waals surface area contributed by atoms with Crippen molar-refractivity contribution in [2.24, 2.45) is 0 Å². The highest BCUT2D eigenvalue weighted by atomic mass is 16.1. The van der Waals surface area contributed by atoms with Crippen LogP contribution in [0.3, 0.4) is 0 Å². The molecule has 0 aliphatic carbocycles. The van der Waals surface area contributed by atoms with E-state index >= 15 is 0 Å². The molecule has 0 aromatic carbocycles. The molecule has 1 amide bonds. The highest BCUT2D eigenvalue weighted by Crippen LogP contribution is 2.00. The minimum Gasteiger partial charge on any atom is -0.354 e. The summed E-state index contributed by atoms with van der Waals surface area (Å²) >= 11 is 0. The lowest BCUT2D eigenvalue weighted by Crippen LogP contribution is -2.24. The van der Waals surface area contributed by atoms with Gasteiger partial charge >= 0.3 is 0 Å². The number of carbonyl (C=O) groups excluding carboxylic acids is 1. The van der Waals surface area contributed by atoms with Crippen molar-refractivity contribution in [3.8, 4) is 0 Å². The summed E-state index contributed by atoms with van der Waals surface area (Å²) in [5.74, 6) is 0.437. The summed E-state index contributed by atoms with van der Waals surface area (Å²) in [5, 5.41) is 5.92. The Morgan fingerprint density at radius 1 is 1.26 bits per heavy atom. The molecule has 0 bridgehead atoms. The summed E-state index contributed by atoms with van der Waals surface area (Å²) in [6.45, 7) is 4.52. The zero-order valence-corrected chi connectivity index (χ0v) is 11.9. The van der Waals surface area contributed by atoms with Crippen molar-refractivity contribution in [3.05, 3.63) is 18.0 Å². The summed E-state index contributed by atoms with van der Waals surface area (Å²) in [6.07, 6.45) is 5.03. The molecule has 0 saturated heterocycles. The number of hydrogen-bond donors (Lipinski definition) is 2. The van der Waals surface area contributed by atoms with E-state index in [9.17, 15) is 4.79 Å². The van der Waals surface area contributed by atoms with Gasteiger partial charge in [0, 0.05) is 25.5 Å². The quantitative estimate of drug-likeness (QED) is 0.686. The monoisotopic (exact) mass is 265 g/mol. The Morgan fingerprint density at radius 2 is 1.95 bits per heavy atom. The van der Waals surface area contributed by atoms with Crippen LogP contribution in [0, 0.1) is 0 Å². The molecule has 1 heterocycles. The molecule has 2 N–H and O–H groups in total. The van der Waals surface area contributed by atoms with Crippen LogP contribution in [0.1, 0.15) is 30.1 Å². The van der Waals surface area contributed by atoms with E-state index in [1.165, 1.54) is 0 Å². The van der Waals surface area contributed by atoms with Crippen LogP contribution in [0.4, 0.5) is 5.95 Å². The lowest BCUT2D eigenvalue weighted by molar-refractivity contribution is 0.0953. The molecular formula is C13H23N5O. The van der Waals surface area contributed by atoms with E-state index in [2.05, 4.69) is 25.5 Å². The van der Waals surface area contributed by atoms with E-state index in [-0.39, 0.29) is 5.91 Å². The summed E-state index contributed by atoms with van der Waals surface area (Å²) in [7, 11) is 4.08. The second-order valence-corrected chi connectivity index (χ2v) is 4.63. The average Bonchev–Trinajstić information content (AvgIpc) is 2.41. The highest BCUT2D eigenvalue weighted by molar-refractivity contribution is 5.93. The SMILES string of the molecule is CCCNC(=O)c1cnc(NCCCN(C)C)nc1. The van der Waals surface area contributed by atoms with Crippen molar-refractivity contribution in [1.82, 2.24) is 20.2 Å². The van der Waals surface area contributed by atoms with Gasteiger partial charge in [0.25, 0.3) is 5.91 Å². The summed E-state index contributed by atoms with van der Waals surface area (Å²) < 4.78 is 0. The smallest absolute Gasteiger partial charge is 0.254 e. The number of hydrogen-bond acceptors (Lipinski definition) is 5. The van der Waals surface area contributed by atoms with Crippen molar-refractivity contribution in [1.29, 1.82) is 0 Å². The number of nitrogens with zero attached hydrogens (tertiary/aromatic N) is 3. The predicted molar refractivity (Wildman–Crippen MR) is 76.3 cm³/mol. The number of aromatic nitrogens is 2. The van der Waals surface area contributed by atoms with Crippen LogP contribution in [0.2, 0.25) is 0 Å². The van der Waals surface area contributed by atoms with E-state index in [0.29, 0.717) is 18.1 Å². The Morgan fingerprint density at radius 3 is 2.53 bits per heavy atom. The Hall–Kier alpha value is -1.69. The Labute approximate surface area is 114 Å². The fourth-order valence-electron chi connectivity index (χ4n) is 1.47. The third-order valence-electron chi connectivity index (χ3n) is 2.51. The van der Waals surface area contributed by atoms with Crippen LogP contribution in [-0.2, 0) is 0 Å². The first-order valence-electron chi connectivity index (χ1n) is 6.62. The molecule has 0 aliphatic heterocycles. The molecule has 0 spiro atoms. The van der Waals surface area contributed by atoms with Crippen LogP contribution in [0.5, 0.6) is 0 Å². The largest absolute Gasteiger partial charge is 0.354 e. The fraction of sp³-hybridized carbons (Fsp3) is 0.615. The summed E-state index contributed by atoms with van der Waals surface area (Å²) in [4.78, 5) is 22.0. The normalized spacial score (nSPS) is 10.5. The van der Waals surface area contributed by atoms with Gasteiger partial charge in [-0.1, -0.05) is 6.92 Å². The minimum atomic E-state index is -0.124. The molecule has 19 heavy (non-hydrogen) atoms. The molecule has 6 nitrogen and oxygen atoms in total. The van der Waals surface area contributed by atoms with Crippen LogP contribution in [-0.4, -0.2) is 54.5 Å². The van der Waals surface area contributed by atoms with Gasteiger partial charge in [-0.05, 0) is 33.5 Å². The van der Waals surface area contributed by atoms with Crippen molar-refractivity contribution >= 4 is 11.9 Å². The van der Waals surface area contributed by atoms with Gasteiger partial charge in [0.1, 0.15) is 0 Å². The maximum absolute atomic E-state index is 11.6. The van der Waals surface area contributed by atoms with Gasteiger partial charge in [0.2, 0.25) is 5.95 Å². The molecule has 1 rings (SSSR count). The van der Waals surface area contributed by atoms with Crippen LogP contribution >= 0.6 is 0 Å². The topological polar surface area (TPSA) is 70.2 Å². The van der Waals surface area contributed by atoms with Crippen molar-refractivity contribution in [2.75, 3.05) is 39.0 Å². The number of rotatable bonds is 8. The molecule has 0 aliphatic rings.